The lowest BCUT2D eigenvalue weighted by molar-refractivity contribution is -0.116. The number of rotatable bonds is 5. The van der Waals surface area contributed by atoms with Crippen molar-refractivity contribution in [3.05, 3.63) is 48.0 Å². The van der Waals surface area contributed by atoms with E-state index >= 15 is 0 Å². The zero-order valence-corrected chi connectivity index (χ0v) is 16.2. The molecule has 7 nitrogen and oxygen atoms in total. The van der Waals surface area contributed by atoms with Crippen LogP contribution in [0, 0.1) is 6.92 Å². The number of nitrogens with one attached hydrogen (secondary N) is 1. The number of amides is 1. The summed E-state index contributed by atoms with van der Waals surface area (Å²) in [4.78, 5) is 12.7. The lowest BCUT2D eigenvalue weighted by Gasteiger charge is -2.29. The highest BCUT2D eigenvalue weighted by Gasteiger charge is 2.30. The topological polar surface area (TPSA) is 84.9 Å². The van der Waals surface area contributed by atoms with Crippen LogP contribution in [0.1, 0.15) is 12.5 Å². The molecule has 0 unspecified atom stereocenters. The molecule has 1 atom stereocenters. The van der Waals surface area contributed by atoms with Crippen LogP contribution in [0.5, 0.6) is 11.5 Å². The molecule has 1 aliphatic heterocycles. The Hall–Kier alpha value is -2.74. The van der Waals surface area contributed by atoms with Gasteiger partial charge in [-0.1, -0.05) is 17.7 Å². The molecule has 0 saturated heterocycles. The average Bonchev–Trinajstić information content (AvgIpc) is 2.62. The number of aryl methyl sites for hydroxylation is 1. The van der Waals surface area contributed by atoms with Crippen molar-refractivity contribution in [2.24, 2.45) is 0 Å². The first-order chi connectivity index (χ1) is 12.8. The maximum absolute atomic E-state index is 12.7. The van der Waals surface area contributed by atoms with Gasteiger partial charge in [0.2, 0.25) is 15.9 Å². The van der Waals surface area contributed by atoms with E-state index in [-0.39, 0.29) is 0 Å². The molecule has 0 aliphatic carbocycles. The van der Waals surface area contributed by atoms with Gasteiger partial charge in [0.15, 0.2) is 11.5 Å². The van der Waals surface area contributed by atoms with Crippen LogP contribution < -0.4 is 19.1 Å². The van der Waals surface area contributed by atoms with Crippen LogP contribution in [-0.4, -0.2) is 39.8 Å². The number of benzene rings is 2. The van der Waals surface area contributed by atoms with E-state index in [4.69, 9.17) is 9.47 Å². The number of hydrogen-bond donors (Lipinski definition) is 1. The van der Waals surface area contributed by atoms with Crippen molar-refractivity contribution in [1.29, 1.82) is 0 Å². The molecule has 2 aromatic carbocycles. The minimum Gasteiger partial charge on any atom is -0.486 e. The molecule has 8 heteroatoms. The molecule has 1 heterocycles. The second-order valence-corrected chi connectivity index (χ2v) is 8.28. The summed E-state index contributed by atoms with van der Waals surface area (Å²) in [5.41, 5.74) is 2.01. The molecule has 0 fully saturated rings. The highest BCUT2D eigenvalue weighted by Crippen LogP contribution is 2.35. The molecule has 0 radical (unpaired) electrons. The van der Waals surface area contributed by atoms with Crippen LogP contribution in [0.3, 0.4) is 0 Å². The summed E-state index contributed by atoms with van der Waals surface area (Å²) in [6, 6.07) is 11.2. The van der Waals surface area contributed by atoms with Crippen molar-refractivity contribution in [1.82, 2.24) is 0 Å². The lowest BCUT2D eigenvalue weighted by atomic mass is 10.2. The number of carbonyl (C=O) groups excluding carboxylic acids is 1. The van der Waals surface area contributed by atoms with Gasteiger partial charge in [-0.2, -0.15) is 0 Å². The first-order valence-corrected chi connectivity index (χ1v) is 10.4. The van der Waals surface area contributed by atoms with Crippen LogP contribution in [-0.2, 0) is 14.8 Å². The second-order valence-electron chi connectivity index (χ2n) is 6.42. The van der Waals surface area contributed by atoms with E-state index in [0.29, 0.717) is 36.1 Å². The van der Waals surface area contributed by atoms with Gasteiger partial charge in [-0.25, -0.2) is 8.42 Å². The van der Waals surface area contributed by atoms with E-state index in [1.165, 1.54) is 0 Å². The Balaban J connectivity index is 1.88. The summed E-state index contributed by atoms with van der Waals surface area (Å²) < 4.78 is 36.9. The third kappa shape index (κ3) is 4.33. The van der Waals surface area contributed by atoms with Crippen LogP contribution in [0.15, 0.2) is 42.5 Å². The van der Waals surface area contributed by atoms with E-state index < -0.39 is 22.0 Å². The second kappa shape index (κ2) is 7.48. The van der Waals surface area contributed by atoms with Gasteiger partial charge in [0.25, 0.3) is 0 Å². The van der Waals surface area contributed by atoms with Gasteiger partial charge in [-0.3, -0.25) is 9.10 Å². The lowest BCUT2D eigenvalue weighted by Crippen LogP contribution is -2.45. The molecular formula is C19H22N2O5S. The summed E-state index contributed by atoms with van der Waals surface area (Å²) in [6.45, 7) is 4.32. The van der Waals surface area contributed by atoms with Gasteiger partial charge in [0.1, 0.15) is 19.3 Å². The van der Waals surface area contributed by atoms with Gasteiger partial charge < -0.3 is 14.8 Å². The Kier molecular flexibility index (Phi) is 5.27. The fourth-order valence-corrected chi connectivity index (χ4v) is 4.03. The largest absolute Gasteiger partial charge is 0.486 e. The van der Waals surface area contributed by atoms with E-state index in [1.54, 1.807) is 37.3 Å². The number of nitrogens with zero attached hydrogens (tertiary/aromatic N) is 1. The number of anilines is 2. The highest BCUT2D eigenvalue weighted by molar-refractivity contribution is 7.92. The first kappa shape index (κ1) is 19.0. The van der Waals surface area contributed by atoms with Crippen molar-refractivity contribution < 1.29 is 22.7 Å². The van der Waals surface area contributed by atoms with Gasteiger partial charge in [0.05, 0.1) is 11.9 Å². The molecule has 0 aromatic heterocycles. The summed E-state index contributed by atoms with van der Waals surface area (Å²) in [7, 11) is -3.71. The van der Waals surface area contributed by atoms with Gasteiger partial charge in [-0.15, -0.1) is 0 Å². The van der Waals surface area contributed by atoms with Crippen molar-refractivity contribution in [2.75, 3.05) is 29.1 Å². The Morgan fingerprint density at radius 2 is 1.70 bits per heavy atom. The third-order valence-corrected chi connectivity index (χ3v) is 5.43. The normalized spacial score (nSPS) is 14.3. The molecular weight excluding hydrogens is 368 g/mol. The molecule has 0 bridgehead atoms. The van der Waals surface area contributed by atoms with Crippen molar-refractivity contribution in [2.45, 2.75) is 19.9 Å². The zero-order valence-electron chi connectivity index (χ0n) is 15.4. The molecule has 144 valence electrons. The van der Waals surface area contributed by atoms with Crippen molar-refractivity contribution >= 4 is 27.3 Å². The van der Waals surface area contributed by atoms with Crippen molar-refractivity contribution in [3.8, 4) is 11.5 Å². The standard InChI is InChI=1S/C19H22N2O5S/c1-13-4-6-15(7-5-13)20-19(22)14(2)21(27(3,23)24)16-8-9-17-18(12-16)26-11-10-25-17/h4-9,12,14H,10-11H2,1-3H3,(H,20,22)/t14-/m1/s1. The quantitative estimate of drug-likeness (QED) is 0.848. The highest BCUT2D eigenvalue weighted by atomic mass is 32.2. The zero-order chi connectivity index (χ0) is 19.6. The number of ether oxygens (including phenoxy) is 2. The Labute approximate surface area is 158 Å². The molecule has 3 rings (SSSR count). The van der Waals surface area contributed by atoms with Crippen LogP contribution in [0.25, 0.3) is 0 Å². The van der Waals surface area contributed by atoms with Crippen LogP contribution in [0.2, 0.25) is 0 Å². The number of carbonyl (C=O) groups is 1. The summed E-state index contributed by atoms with van der Waals surface area (Å²) in [5, 5.41) is 2.75. The number of sulfonamides is 1. The van der Waals surface area contributed by atoms with E-state index in [1.807, 2.05) is 19.1 Å². The van der Waals surface area contributed by atoms with Gasteiger partial charge in [0, 0.05) is 11.8 Å². The fraction of sp³-hybridized carbons (Fsp3) is 0.316. The van der Waals surface area contributed by atoms with E-state index in [0.717, 1.165) is 16.1 Å². The molecule has 1 amide bonds. The summed E-state index contributed by atoms with van der Waals surface area (Å²) in [5.74, 6) is 0.577. The molecule has 1 N–H and O–H groups in total. The van der Waals surface area contributed by atoms with Crippen molar-refractivity contribution in [3.63, 3.8) is 0 Å². The minimum atomic E-state index is -3.71. The molecule has 0 saturated carbocycles. The van der Waals surface area contributed by atoms with E-state index in [2.05, 4.69) is 5.32 Å². The Bertz CT molecular complexity index is 941. The monoisotopic (exact) mass is 390 g/mol. The van der Waals surface area contributed by atoms with Gasteiger partial charge >= 0.3 is 0 Å². The SMILES string of the molecule is Cc1ccc(NC(=O)[C@@H](C)N(c2ccc3c(c2)OCCO3)S(C)(=O)=O)cc1. The number of hydrogen-bond acceptors (Lipinski definition) is 5. The number of fused-ring (bicyclic) bond motifs is 1. The summed E-state index contributed by atoms with van der Waals surface area (Å²) >= 11 is 0. The molecule has 27 heavy (non-hydrogen) atoms. The first-order valence-electron chi connectivity index (χ1n) is 8.52. The molecule has 0 spiro atoms. The maximum Gasteiger partial charge on any atom is 0.247 e. The predicted molar refractivity (Wildman–Crippen MR) is 104 cm³/mol. The van der Waals surface area contributed by atoms with Crippen LogP contribution in [0.4, 0.5) is 11.4 Å². The average molecular weight is 390 g/mol. The predicted octanol–water partition coefficient (Wildman–Crippen LogP) is 2.56. The third-order valence-electron chi connectivity index (χ3n) is 4.19. The van der Waals surface area contributed by atoms with Crippen LogP contribution >= 0.6 is 0 Å². The van der Waals surface area contributed by atoms with Gasteiger partial charge in [-0.05, 0) is 38.1 Å². The maximum atomic E-state index is 12.7. The molecule has 1 aliphatic rings. The smallest absolute Gasteiger partial charge is 0.247 e. The fourth-order valence-electron chi connectivity index (χ4n) is 2.86. The van der Waals surface area contributed by atoms with E-state index in [9.17, 15) is 13.2 Å². The summed E-state index contributed by atoms with van der Waals surface area (Å²) in [6.07, 6.45) is 1.07. The molecule has 2 aromatic rings. The Morgan fingerprint density at radius 1 is 1.07 bits per heavy atom. The Morgan fingerprint density at radius 3 is 2.33 bits per heavy atom. The minimum absolute atomic E-state index is 0.341.